The maximum atomic E-state index is 12.2. The van der Waals surface area contributed by atoms with Crippen LogP contribution < -0.4 is 10.1 Å². The van der Waals surface area contributed by atoms with Gasteiger partial charge in [-0.25, -0.2) is 4.79 Å². The number of methoxy groups -OCH3 is 1. The number of nitrogens with one attached hydrogen (secondary N) is 1. The third kappa shape index (κ3) is 4.70. The number of carboxylic acid groups (broad SMARTS) is 1. The molecule has 0 aromatic heterocycles. The van der Waals surface area contributed by atoms with Gasteiger partial charge in [-0.3, -0.25) is 14.9 Å². The molecular formula is C17H15ClN2O6. The van der Waals surface area contributed by atoms with Gasteiger partial charge in [-0.2, -0.15) is 0 Å². The Labute approximate surface area is 153 Å². The molecule has 2 aromatic rings. The van der Waals surface area contributed by atoms with Gasteiger partial charge in [0.2, 0.25) is 0 Å². The van der Waals surface area contributed by atoms with Gasteiger partial charge in [-0.1, -0.05) is 23.7 Å². The van der Waals surface area contributed by atoms with Gasteiger partial charge in [0.25, 0.3) is 11.6 Å². The van der Waals surface area contributed by atoms with Crippen LogP contribution in [0.5, 0.6) is 5.75 Å². The van der Waals surface area contributed by atoms with Gasteiger partial charge >= 0.3 is 5.97 Å². The summed E-state index contributed by atoms with van der Waals surface area (Å²) < 4.78 is 5.03. The Morgan fingerprint density at radius 3 is 2.62 bits per heavy atom. The van der Waals surface area contributed by atoms with Crippen LogP contribution in [0.1, 0.15) is 15.9 Å². The van der Waals surface area contributed by atoms with Crippen LogP contribution in [0.2, 0.25) is 5.02 Å². The second kappa shape index (κ2) is 8.30. The molecule has 0 aliphatic carbocycles. The summed E-state index contributed by atoms with van der Waals surface area (Å²) in [7, 11) is 1.46. The minimum Gasteiger partial charge on any atom is -0.495 e. The number of nitro benzene ring substituents is 1. The van der Waals surface area contributed by atoms with E-state index in [0.29, 0.717) is 16.3 Å². The molecule has 8 nitrogen and oxygen atoms in total. The van der Waals surface area contributed by atoms with Crippen molar-refractivity contribution in [2.75, 3.05) is 7.11 Å². The summed E-state index contributed by atoms with van der Waals surface area (Å²) >= 11 is 6.02. The van der Waals surface area contributed by atoms with Crippen molar-refractivity contribution in [2.45, 2.75) is 12.5 Å². The molecule has 0 spiro atoms. The number of carbonyl (C=O) groups is 2. The van der Waals surface area contributed by atoms with Crippen LogP contribution in [0, 0.1) is 10.1 Å². The third-order valence-corrected chi connectivity index (χ3v) is 3.87. The SMILES string of the molecule is COc1ccc(C[C@H](NC(=O)c2cccc([N+](=O)[O-])c2)C(=O)O)cc1Cl. The topological polar surface area (TPSA) is 119 Å². The Morgan fingerprint density at radius 1 is 1.31 bits per heavy atom. The van der Waals surface area contributed by atoms with Crippen molar-refractivity contribution in [3.05, 3.63) is 68.7 Å². The summed E-state index contributed by atoms with van der Waals surface area (Å²) in [5, 5.41) is 22.8. The lowest BCUT2D eigenvalue weighted by atomic mass is 10.0. The zero-order valence-electron chi connectivity index (χ0n) is 13.6. The smallest absolute Gasteiger partial charge is 0.326 e. The summed E-state index contributed by atoms with van der Waals surface area (Å²) in [6.45, 7) is 0. The van der Waals surface area contributed by atoms with Gasteiger partial charge in [0, 0.05) is 24.1 Å². The highest BCUT2D eigenvalue weighted by molar-refractivity contribution is 6.32. The van der Waals surface area contributed by atoms with Crippen molar-refractivity contribution in [1.29, 1.82) is 0 Å². The van der Waals surface area contributed by atoms with E-state index in [1.165, 1.54) is 25.3 Å². The highest BCUT2D eigenvalue weighted by atomic mass is 35.5. The van der Waals surface area contributed by atoms with Gasteiger partial charge in [-0.05, 0) is 23.8 Å². The van der Waals surface area contributed by atoms with Gasteiger partial charge in [0.15, 0.2) is 0 Å². The molecule has 0 aliphatic rings. The number of carbonyl (C=O) groups excluding carboxylic acids is 1. The molecule has 0 fully saturated rings. The van der Waals surface area contributed by atoms with Gasteiger partial charge in [-0.15, -0.1) is 0 Å². The van der Waals surface area contributed by atoms with E-state index in [-0.39, 0.29) is 17.7 Å². The molecule has 1 amide bonds. The molecule has 0 saturated carbocycles. The summed E-state index contributed by atoms with van der Waals surface area (Å²) in [6.07, 6.45) is -0.0142. The van der Waals surface area contributed by atoms with E-state index in [1.54, 1.807) is 18.2 Å². The summed E-state index contributed by atoms with van der Waals surface area (Å²) in [6, 6.07) is 8.60. The number of ether oxygens (including phenoxy) is 1. The van der Waals surface area contributed by atoms with Gasteiger partial charge in [0.05, 0.1) is 17.1 Å². The van der Waals surface area contributed by atoms with E-state index in [9.17, 15) is 24.8 Å². The zero-order valence-corrected chi connectivity index (χ0v) is 14.4. The van der Waals surface area contributed by atoms with Crippen LogP contribution in [0.3, 0.4) is 0 Å². The molecule has 136 valence electrons. The number of non-ortho nitro benzene ring substituents is 1. The van der Waals surface area contributed by atoms with Gasteiger partial charge < -0.3 is 15.2 Å². The largest absolute Gasteiger partial charge is 0.495 e. The molecular weight excluding hydrogens is 364 g/mol. The first-order valence-corrected chi connectivity index (χ1v) is 7.80. The fraction of sp³-hybridized carbons (Fsp3) is 0.176. The highest BCUT2D eigenvalue weighted by Crippen LogP contribution is 2.25. The molecule has 0 aliphatic heterocycles. The number of hydrogen-bond acceptors (Lipinski definition) is 5. The number of rotatable bonds is 7. The normalized spacial score (nSPS) is 11.5. The number of nitrogens with zero attached hydrogens (tertiary/aromatic N) is 1. The predicted octanol–water partition coefficient (Wildman–Crippen LogP) is 2.68. The summed E-state index contributed by atoms with van der Waals surface area (Å²) in [4.78, 5) is 33.9. The number of aliphatic carboxylic acids is 1. The predicted molar refractivity (Wildman–Crippen MR) is 93.7 cm³/mol. The van der Waals surface area contributed by atoms with E-state index < -0.39 is 22.8 Å². The van der Waals surface area contributed by atoms with E-state index in [0.717, 1.165) is 6.07 Å². The van der Waals surface area contributed by atoms with E-state index in [1.807, 2.05) is 0 Å². The van der Waals surface area contributed by atoms with Crippen LogP contribution in [-0.4, -0.2) is 35.1 Å². The number of hydrogen-bond donors (Lipinski definition) is 2. The number of amides is 1. The Bertz CT molecular complexity index is 855. The fourth-order valence-electron chi connectivity index (χ4n) is 2.27. The lowest BCUT2D eigenvalue weighted by Crippen LogP contribution is -2.42. The van der Waals surface area contributed by atoms with Crippen LogP contribution in [-0.2, 0) is 11.2 Å². The van der Waals surface area contributed by atoms with E-state index >= 15 is 0 Å². The molecule has 26 heavy (non-hydrogen) atoms. The molecule has 2 rings (SSSR count). The molecule has 0 radical (unpaired) electrons. The molecule has 2 N–H and O–H groups in total. The van der Waals surface area contributed by atoms with Crippen molar-refractivity contribution in [3.8, 4) is 5.75 Å². The number of halogens is 1. The first-order valence-electron chi connectivity index (χ1n) is 7.42. The molecule has 0 heterocycles. The monoisotopic (exact) mass is 378 g/mol. The van der Waals surface area contributed by atoms with E-state index in [4.69, 9.17) is 16.3 Å². The molecule has 1 atom stereocenters. The minimum absolute atomic E-state index is 0.00165. The van der Waals surface area contributed by atoms with Crippen molar-refractivity contribution < 1.29 is 24.4 Å². The number of carboxylic acids is 1. The number of benzene rings is 2. The second-order valence-corrected chi connectivity index (χ2v) is 5.75. The molecule has 0 unspecified atom stereocenters. The summed E-state index contributed by atoms with van der Waals surface area (Å²) in [5.74, 6) is -1.51. The van der Waals surface area contributed by atoms with Crippen LogP contribution >= 0.6 is 11.6 Å². The first kappa shape index (κ1) is 19.2. The Balaban J connectivity index is 2.16. The summed E-state index contributed by atoms with van der Waals surface area (Å²) in [5.41, 5.74) is 0.326. The maximum absolute atomic E-state index is 12.2. The highest BCUT2D eigenvalue weighted by Gasteiger charge is 2.22. The van der Waals surface area contributed by atoms with Crippen molar-refractivity contribution in [1.82, 2.24) is 5.32 Å². The van der Waals surface area contributed by atoms with Crippen LogP contribution in [0.25, 0.3) is 0 Å². The lowest BCUT2D eigenvalue weighted by Gasteiger charge is -2.15. The molecule has 0 saturated heterocycles. The first-order chi connectivity index (χ1) is 12.3. The fourth-order valence-corrected chi connectivity index (χ4v) is 2.56. The average Bonchev–Trinajstić information content (AvgIpc) is 2.61. The van der Waals surface area contributed by atoms with E-state index in [2.05, 4.69) is 5.32 Å². The van der Waals surface area contributed by atoms with Crippen LogP contribution in [0.15, 0.2) is 42.5 Å². The van der Waals surface area contributed by atoms with Crippen LogP contribution in [0.4, 0.5) is 5.69 Å². The molecule has 9 heteroatoms. The third-order valence-electron chi connectivity index (χ3n) is 3.58. The Kier molecular flexibility index (Phi) is 6.13. The second-order valence-electron chi connectivity index (χ2n) is 5.34. The number of nitro groups is 1. The quantitative estimate of drug-likeness (QED) is 0.564. The zero-order chi connectivity index (χ0) is 19.3. The minimum atomic E-state index is -1.24. The standard InChI is InChI=1S/C17H15ClN2O6/c1-26-15-6-5-10(7-13(15)18)8-14(17(22)23)19-16(21)11-3-2-4-12(9-11)20(24)25/h2-7,9,14H,8H2,1H3,(H,19,21)(H,22,23)/t14-/m0/s1. The molecule has 2 aromatic carbocycles. The van der Waals surface area contributed by atoms with Crippen molar-refractivity contribution >= 4 is 29.2 Å². The maximum Gasteiger partial charge on any atom is 0.326 e. The Morgan fingerprint density at radius 2 is 2.04 bits per heavy atom. The van der Waals surface area contributed by atoms with Crippen molar-refractivity contribution in [2.24, 2.45) is 0 Å². The Hall–Kier alpha value is -3.13. The van der Waals surface area contributed by atoms with Gasteiger partial charge in [0.1, 0.15) is 11.8 Å². The molecule has 0 bridgehead atoms. The average molecular weight is 379 g/mol. The van der Waals surface area contributed by atoms with Crippen molar-refractivity contribution in [3.63, 3.8) is 0 Å². The lowest BCUT2D eigenvalue weighted by molar-refractivity contribution is -0.384.